The summed E-state index contributed by atoms with van der Waals surface area (Å²) in [5.41, 5.74) is 6.87. The molecule has 3 N–H and O–H groups in total. The number of oxazole rings is 1. The number of nitrogens with one attached hydrogen (secondary N) is 1. The van der Waals surface area contributed by atoms with Crippen LogP contribution in [-0.4, -0.2) is 13.4 Å². The molecule has 2 rings (SSSR count). The Balaban J connectivity index is 2.27. The van der Waals surface area contributed by atoms with Gasteiger partial charge in [0, 0.05) is 5.69 Å². The van der Waals surface area contributed by atoms with E-state index in [1.165, 1.54) is 6.07 Å². The Morgan fingerprint density at radius 3 is 2.55 bits per heavy atom. The first kappa shape index (κ1) is 14.5. The van der Waals surface area contributed by atoms with Crippen LogP contribution in [0.5, 0.6) is 0 Å². The van der Waals surface area contributed by atoms with Crippen LogP contribution >= 0.6 is 0 Å². The van der Waals surface area contributed by atoms with Crippen molar-refractivity contribution in [3.63, 3.8) is 0 Å². The van der Waals surface area contributed by atoms with Crippen molar-refractivity contribution in [3.05, 3.63) is 41.6 Å². The molecule has 0 aliphatic carbocycles. The number of aryl methyl sites for hydroxylation is 2. The molecular weight excluding hydrogens is 278 g/mol. The van der Waals surface area contributed by atoms with Gasteiger partial charge < -0.3 is 10.2 Å². The first-order valence-corrected chi connectivity index (χ1v) is 7.58. The summed E-state index contributed by atoms with van der Waals surface area (Å²) in [7, 11) is -3.67. The van der Waals surface area contributed by atoms with Gasteiger partial charge in [-0.25, -0.2) is 13.4 Å². The number of hydrogen-bond acceptors (Lipinski definition) is 5. The van der Waals surface area contributed by atoms with Gasteiger partial charge >= 0.3 is 0 Å². The van der Waals surface area contributed by atoms with Crippen LogP contribution in [0.4, 0.5) is 5.69 Å². The summed E-state index contributed by atoms with van der Waals surface area (Å²) < 4.78 is 32.4. The summed E-state index contributed by atoms with van der Waals surface area (Å²) in [5.74, 6) is 0.956. The van der Waals surface area contributed by atoms with E-state index in [2.05, 4.69) is 9.71 Å². The molecule has 0 saturated heterocycles. The Morgan fingerprint density at radius 1 is 1.30 bits per heavy atom. The summed E-state index contributed by atoms with van der Waals surface area (Å²) in [6.45, 7) is 5.21. The minimum Gasteiger partial charge on any atom is -0.444 e. The average molecular weight is 295 g/mol. The minimum absolute atomic E-state index is 0.130. The molecular formula is C13H17N3O3S. The molecule has 7 heteroatoms. The normalized spacial score (nSPS) is 13.3. The highest BCUT2D eigenvalue weighted by atomic mass is 32.2. The summed E-state index contributed by atoms with van der Waals surface area (Å²) in [6.07, 6.45) is 1.55. The van der Waals surface area contributed by atoms with Crippen molar-refractivity contribution in [2.24, 2.45) is 0 Å². The molecule has 1 aromatic heterocycles. The van der Waals surface area contributed by atoms with E-state index in [1.54, 1.807) is 39.1 Å². The standard InChI is InChI=1S/C13H17N3O3S/c1-8-4-11(14)6-12(5-8)20(17,18)16-10(3)13-15-7-9(2)19-13/h4-7,10,16H,14H2,1-3H3. The lowest BCUT2D eigenvalue weighted by Crippen LogP contribution is -2.27. The predicted octanol–water partition coefficient (Wildman–Crippen LogP) is 1.91. The second kappa shape index (κ2) is 5.26. The fourth-order valence-corrected chi connectivity index (χ4v) is 3.19. The van der Waals surface area contributed by atoms with E-state index in [4.69, 9.17) is 10.2 Å². The van der Waals surface area contributed by atoms with Crippen LogP contribution in [0.2, 0.25) is 0 Å². The molecule has 0 radical (unpaired) electrons. The molecule has 0 aliphatic rings. The van der Waals surface area contributed by atoms with E-state index < -0.39 is 16.1 Å². The molecule has 1 atom stereocenters. The molecule has 0 bridgehead atoms. The van der Waals surface area contributed by atoms with Crippen molar-refractivity contribution in [1.29, 1.82) is 0 Å². The highest BCUT2D eigenvalue weighted by Gasteiger charge is 2.21. The fourth-order valence-electron chi connectivity index (χ4n) is 1.86. The molecule has 6 nitrogen and oxygen atoms in total. The van der Waals surface area contributed by atoms with Crippen molar-refractivity contribution >= 4 is 15.7 Å². The number of nitrogens with two attached hydrogens (primary N) is 1. The molecule has 1 heterocycles. The average Bonchev–Trinajstić information content (AvgIpc) is 2.74. The Hall–Kier alpha value is -1.86. The van der Waals surface area contributed by atoms with Crippen LogP contribution < -0.4 is 10.5 Å². The number of nitrogens with zero attached hydrogens (tertiary/aromatic N) is 1. The molecule has 0 fully saturated rings. The fraction of sp³-hybridized carbons (Fsp3) is 0.308. The first-order valence-electron chi connectivity index (χ1n) is 6.10. The van der Waals surface area contributed by atoms with Crippen LogP contribution in [0, 0.1) is 13.8 Å². The van der Waals surface area contributed by atoms with Gasteiger partial charge in [-0.3, -0.25) is 0 Å². The predicted molar refractivity (Wildman–Crippen MR) is 75.6 cm³/mol. The van der Waals surface area contributed by atoms with Gasteiger partial charge in [-0.15, -0.1) is 0 Å². The Bertz CT molecular complexity index is 702. The van der Waals surface area contributed by atoms with Crippen LogP contribution in [0.1, 0.15) is 30.2 Å². The minimum atomic E-state index is -3.67. The number of hydrogen-bond donors (Lipinski definition) is 2. The summed E-state index contributed by atoms with van der Waals surface area (Å²) in [5, 5.41) is 0. The summed E-state index contributed by atoms with van der Waals surface area (Å²) in [4.78, 5) is 4.14. The van der Waals surface area contributed by atoms with E-state index >= 15 is 0 Å². The van der Waals surface area contributed by atoms with Crippen LogP contribution in [0.25, 0.3) is 0 Å². The Morgan fingerprint density at radius 2 is 2.00 bits per heavy atom. The number of nitrogen functional groups attached to an aromatic ring is 1. The number of benzene rings is 1. The van der Waals surface area contributed by atoms with Gasteiger partial charge in [-0.1, -0.05) is 0 Å². The third kappa shape index (κ3) is 3.17. The van der Waals surface area contributed by atoms with Gasteiger partial charge in [-0.05, 0) is 44.5 Å². The smallest absolute Gasteiger partial charge is 0.241 e. The van der Waals surface area contributed by atoms with Gasteiger partial charge in [0.1, 0.15) is 5.76 Å². The molecule has 1 aromatic carbocycles. The third-order valence-corrected chi connectivity index (χ3v) is 4.25. The number of anilines is 1. The van der Waals surface area contributed by atoms with Crippen LogP contribution in [0.15, 0.2) is 33.7 Å². The zero-order chi connectivity index (χ0) is 14.9. The quantitative estimate of drug-likeness (QED) is 0.840. The zero-order valence-electron chi connectivity index (χ0n) is 11.5. The number of aromatic nitrogens is 1. The van der Waals surface area contributed by atoms with Crippen molar-refractivity contribution < 1.29 is 12.8 Å². The first-order chi connectivity index (χ1) is 9.28. The lowest BCUT2D eigenvalue weighted by molar-refractivity contribution is 0.428. The maximum absolute atomic E-state index is 12.3. The van der Waals surface area contributed by atoms with E-state index in [0.29, 0.717) is 17.3 Å². The second-order valence-corrected chi connectivity index (χ2v) is 6.45. The third-order valence-electron chi connectivity index (χ3n) is 2.72. The van der Waals surface area contributed by atoms with E-state index in [0.717, 1.165) is 5.56 Å². The van der Waals surface area contributed by atoms with E-state index in [-0.39, 0.29) is 4.90 Å². The van der Waals surface area contributed by atoms with E-state index in [9.17, 15) is 8.42 Å². The van der Waals surface area contributed by atoms with Crippen molar-refractivity contribution in [1.82, 2.24) is 9.71 Å². The summed E-state index contributed by atoms with van der Waals surface area (Å²) >= 11 is 0. The maximum Gasteiger partial charge on any atom is 0.241 e. The lowest BCUT2D eigenvalue weighted by Gasteiger charge is -2.12. The van der Waals surface area contributed by atoms with Gasteiger partial charge in [0.05, 0.1) is 17.1 Å². The second-order valence-electron chi connectivity index (χ2n) is 4.73. The number of sulfonamides is 1. The summed E-state index contributed by atoms with van der Waals surface area (Å²) in [6, 6.07) is 4.13. The van der Waals surface area contributed by atoms with Gasteiger partial charge in [-0.2, -0.15) is 4.72 Å². The Kier molecular flexibility index (Phi) is 3.82. The highest BCUT2D eigenvalue weighted by molar-refractivity contribution is 7.89. The zero-order valence-corrected chi connectivity index (χ0v) is 12.4. The molecule has 1 unspecified atom stereocenters. The van der Waals surface area contributed by atoms with Gasteiger partial charge in [0.2, 0.25) is 15.9 Å². The number of rotatable bonds is 4. The van der Waals surface area contributed by atoms with Crippen molar-refractivity contribution in [3.8, 4) is 0 Å². The van der Waals surface area contributed by atoms with Crippen molar-refractivity contribution in [2.75, 3.05) is 5.73 Å². The molecule has 0 aliphatic heterocycles. The van der Waals surface area contributed by atoms with Gasteiger partial charge in [0.15, 0.2) is 0 Å². The molecule has 20 heavy (non-hydrogen) atoms. The molecule has 2 aromatic rings. The SMILES string of the molecule is Cc1cc(N)cc(S(=O)(=O)NC(C)c2ncc(C)o2)c1. The molecule has 0 amide bonds. The largest absolute Gasteiger partial charge is 0.444 e. The molecule has 0 spiro atoms. The topological polar surface area (TPSA) is 98.2 Å². The maximum atomic E-state index is 12.3. The van der Waals surface area contributed by atoms with Crippen molar-refractivity contribution in [2.45, 2.75) is 31.7 Å². The van der Waals surface area contributed by atoms with Crippen LogP contribution in [-0.2, 0) is 10.0 Å². The van der Waals surface area contributed by atoms with Crippen LogP contribution in [0.3, 0.4) is 0 Å². The monoisotopic (exact) mass is 295 g/mol. The molecule has 0 saturated carbocycles. The highest BCUT2D eigenvalue weighted by Crippen LogP contribution is 2.19. The van der Waals surface area contributed by atoms with E-state index in [1.807, 2.05) is 0 Å². The van der Waals surface area contributed by atoms with Gasteiger partial charge in [0.25, 0.3) is 0 Å². The molecule has 108 valence electrons. The lowest BCUT2D eigenvalue weighted by atomic mass is 10.2. The Labute approximate surface area is 118 Å².